The molecule has 1 aliphatic rings. The molecular formula is C14H21NO6. The van der Waals surface area contributed by atoms with Crippen LogP contribution in [-0.4, -0.2) is 61.7 Å². The van der Waals surface area contributed by atoms with Crippen molar-refractivity contribution in [1.29, 1.82) is 0 Å². The third-order valence-electron chi connectivity index (χ3n) is 3.38. The summed E-state index contributed by atoms with van der Waals surface area (Å²) in [6.07, 6.45) is -4.62. The number of aliphatic hydroxyl groups is 2. The van der Waals surface area contributed by atoms with Crippen molar-refractivity contribution in [1.82, 2.24) is 0 Å². The molecule has 7 heteroatoms. The van der Waals surface area contributed by atoms with Gasteiger partial charge in [-0.25, -0.2) is 0 Å². The van der Waals surface area contributed by atoms with Crippen molar-refractivity contribution in [3.05, 3.63) is 24.3 Å². The van der Waals surface area contributed by atoms with Gasteiger partial charge in [0.25, 0.3) is 0 Å². The predicted octanol–water partition coefficient (Wildman–Crippen LogP) is -0.244. The van der Waals surface area contributed by atoms with Crippen LogP contribution in [0.4, 0.5) is 5.69 Å². The summed E-state index contributed by atoms with van der Waals surface area (Å²) in [7, 11) is 2.96. The van der Waals surface area contributed by atoms with E-state index in [-0.39, 0.29) is 6.61 Å². The van der Waals surface area contributed by atoms with E-state index in [1.165, 1.54) is 14.2 Å². The third kappa shape index (κ3) is 3.63. The first kappa shape index (κ1) is 16.0. The molecule has 2 rings (SSSR count). The van der Waals surface area contributed by atoms with Crippen LogP contribution in [0, 0.1) is 0 Å². The number of anilines is 1. The Bertz CT molecular complexity index is 440. The van der Waals surface area contributed by atoms with Gasteiger partial charge in [0.15, 0.2) is 0 Å². The van der Waals surface area contributed by atoms with Gasteiger partial charge in [-0.2, -0.15) is 0 Å². The molecule has 1 saturated heterocycles. The number of hydrogen-bond acceptors (Lipinski definition) is 7. The molecule has 0 bridgehead atoms. The quantitative estimate of drug-likeness (QED) is 0.644. The smallest absolute Gasteiger partial charge is 0.229 e. The average Bonchev–Trinajstić information content (AvgIpc) is 2.47. The standard InChI is InChI=1S/C14H21NO6/c1-18-7-10-13(19-2)11(16)12(17)14(21-10)20-9-5-3-8(15)4-6-9/h3-6,10-14,16-17H,7,15H2,1-2H3/t10-,11-,12-,13+,14-/m1/s1. The lowest BCUT2D eigenvalue weighted by molar-refractivity contribution is -0.283. The molecule has 0 radical (unpaired) electrons. The summed E-state index contributed by atoms with van der Waals surface area (Å²) in [6.45, 7) is 0.212. The Morgan fingerprint density at radius 2 is 1.81 bits per heavy atom. The maximum Gasteiger partial charge on any atom is 0.229 e. The van der Waals surface area contributed by atoms with Gasteiger partial charge in [0.1, 0.15) is 30.2 Å². The Labute approximate surface area is 123 Å². The molecule has 1 aliphatic heterocycles. The van der Waals surface area contributed by atoms with Crippen molar-refractivity contribution in [2.24, 2.45) is 0 Å². The molecule has 1 fully saturated rings. The zero-order valence-corrected chi connectivity index (χ0v) is 12.0. The van der Waals surface area contributed by atoms with Crippen LogP contribution < -0.4 is 10.5 Å². The fourth-order valence-corrected chi connectivity index (χ4v) is 2.27. The summed E-state index contributed by atoms with van der Waals surface area (Å²) < 4.78 is 21.4. The third-order valence-corrected chi connectivity index (χ3v) is 3.38. The molecule has 1 aromatic carbocycles. The van der Waals surface area contributed by atoms with E-state index in [4.69, 9.17) is 24.7 Å². The minimum Gasteiger partial charge on any atom is -0.462 e. The molecular weight excluding hydrogens is 278 g/mol. The Kier molecular flexibility index (Phi) is 5.38. The second kappa shape index (κ2) is 7.06. The van der Waals surface area contributed by atoms with E-state index in [1.54, 1.807) is 24.3 Å². The molecule has 1 aromatic rings. The first-order valence-electron chi connectivity index (χ1n) is 6.62. The number of hydrogen-bond donors (Lipinski definition) is 3. The van der Waals surface area contributed by atoms with Crippen LogP contribution in [0.2, 0.25) is 0 Å². The summed E-state index contributed by atoms with van der Waals surface area (Å²) in [5, 5.41) is 20.2. The van der Waals surface area contributed by atoms with E-state index in [9.17, 15) is 10.2 Å². The van der Waals surface area contributed by atoms with Crippen molar-refractivity contribution in [3.63, 3.8) is 0 Å². The second-order valence-corrected chi connectivity index (χ2v) is 4.87. The molecule has 21 heavy (non-hydrogen) atoms. The largest absolute Gasteiger partial charge is 0.462 e. The summed E-state index contributed by atoms with van der Waals surface area (Å²) in [4.78, 5) is 0. The lowest BCUT2D eigenvalue weighted by Crippen LogP contribution is -2.60. The Hall–Kier alpha value is -1.38. The Morgan fingerprint density at radius 3 is 2.38 bits per heavy atom. The number of rotatable bonds is 5. The molecule has 4 N–H and O–H groups in total. The minimum absolute atomic E-state index is 0.212. The van der Waals surface area contributed by atoms with Gasteiger partial charge < -0.3 is 34.9 Å². The van der Waals surface area contributed by atoms with Crippen molar-refractivity contribution in [3.8, 4) is 5.75 Å². The fourth-order valence-electron chi connectivity index (χ4n) is 2.27. The van der Waals surface area contributed by atoms with Crippen LogP contribution in [0.15, 0.2) is 24.3 Å². The highest BCUT2D eigenvalue weighted by molar-refractivity contribution is 5.41. The molecule has 0 aliphatic carbocycles. The van der Waals surface area contributed by atoms with Gasteiger partial charge in [-0.1, -0.05) is 0 Å². The summed E-state index contributed by atoms with van der Waals surface area (Å²) >= 11 is 0. The summed E-state index contributed by atoms with van der Waals surface area (Å²) in [5.41, 5.74) is 6.20. The first-order chi connectivity index (χ1) is 10.1. The van der Waals surface area contributed by atoms with E-state index in [2.05, 4.69) is 0 Å². The SMILES string of the molecule is COC[C@H]1O[C@@H](Oc2ccc(N)cc2)[C@H](O)[C@@H](O)[C@H]1OC. The lowest BCUT2D eigenvalue weighted by atomic mass is 9.99. The van der Waals surface area contributed by atoms with Crippen LogP contribution in [-0.2, 0) is 14.2 Å². The molecule has 0 unspecified atom stereocenters. The van der Waals surface area contributed by atoms with E-state index in [0.717, 1.165) is 0 Å². The van der Waals surface area contributed by atoms with Gasteiger partial charge in [-0.15, -0.1) is 0 Å². The van der Waals surface area contributed by atoms with Crippen molar-refractivity contribution >= 4 is 5.69 Å². The molecule has 0 amide bonds. The van der Waals surface area contributed by atoms with E-state index >= 15 is 0 Å². The number of ether oxygens (including phenoxy) is 4. The maximum atomic E-state index is 10.1. The molecule has 0 aromatic heterocycles. The van der Waals surface area contributed by atoms with Gasteiger partial charge in [0.2, 0.25) is 6.29 Å². The molecule has 1 heterocycles. The topological polar surface area (TPSA) is 103 Å². The first-order valence-corrected chi connectivity index (χ1v) is 6.62. The zero-order valence-electron chi connectivity index (χ0n) is 12.0. The molecule has 5 atom stereocenters. The van der Waals surface area contributed by atoms with Crippen LogP contribution in [0.3, 0.4) is 0 Å². The second-order valence-electron chi connectivity index (χ2n) is 4.87. The highest BCUT2D eigenvalue weighted by Gasteiger charge is 2.46. The number of aliphatic hydroxyl groups excluding tert-OH is 2. The van der Waals surface area contributed by atoms with Crippen molar-refractivity contribution in [2.45, 2.75) is 30.7 Å². The summed E-state index contributed by atoms with van der Waals surface area (Å²) in [6, 6.07) is 6.66. The molecule has 0 saturated carbocycles. The zero-order chi connectivity index (χ0) is 15.4. The van der Waals surface area contributed by atoms with Crippen LogP contribution in [0.5, 0.6) is 5.75 Å². The van der Waals surface area contributed by atoms with E-state index < -0.39 is 30.7 Å². The normalized spacial score (nSPS) is 32.9. The molecule has 7 nitrogen and oxygen atoms in total. The van der Waals surface area contributed by atoms with Crippen LogP contribution in [0.1, 0.15) is 0 Å². The highest BCUT2D eigenvalue weighted by Crippen LogP contribution is 2.26. The number of benzene rings is 1. The van der Waals surface area contributed by atoms with E-state index in [0.29, 0.717) is 11.4 Å². The van der Waals surface area contributed by atoms with Gasteiger partial charge in [0, 0.05) is 19.9 Å². The van der Waals surface area contributed by atoms with Crippen LogP contribution >= 0.6 is 0 Å². The number of nitrogen functional groups attached to an aromatic ring is 1. The monoisotopic (exact) mass is 299 g/mol. The predicted molar refractivity (Wildman–Crippen MR) is 74.8 cm³/mol. The van der Waals surface area contributed by atoms with Gasteiger partial charge >= 0.3 is 0 Å². The molecule has 118 valence electrons. The highest BCUT2D eigenvalue weighted by atomic mass is 16.7. The maximum absolute atomic E-state index is 10.1. The van der Waals surface area contributed by atoms with Crippen molar-refractivity contribution in [2.75, 3.05) is 26.6 Å². The summed E-state index contributed by atoms with van der Waals surface area (Å²) in [5.74, 6) is 0.479. The van der Waals surface area contributed by atoms with E-state index in [1.807, 2.05) is 0 Å². The van der Waals surface area contributed by atoms with Gasteiger partial charge in [0.05, 0.1) is 6.61 Å². The Balaban J connectivity index is 2.09. The lowest BCUT2D eigenvalue weighted by Gasteiger charge is -2.41. The van der Waals surface area contributed by atoms with Crippen molar-refractivity contribution < 1.29 is 29.2 Å². The molecule has 0 spiro atoms. The number of nitrogens with two attached hydrogens (primary N) is 1. The Morgan fingerprint density at radius 1 is 1.14 bits per heavy atom. The van der Waals surface area contributed by atoms with Gasteiger partial charge in [-0.3, -0.25) is 0 Å². The fraction of sp³-hybridized carbons (Fsp3) is 0.571. The van der Waals surface area contributed by atoms with Gasteiger partial charge in [-0.05, 0) is 24.3 Å². The van der Waals surface area contributed by atoms with Crippen LogP contribution in [0.25, 0.3) is 0 Å². The average molecular weight is 299 g/mol. The minimum atomic E-state index is -1.24. The number of methoxy groups -OCH3 is 2.